The van der Waals surface area contributed by atoms with Gasteiger partial charge >= 0.3 is 0 Å². The van der Waals surface area contributed by atoms with Crippen molar-refractivity contribution in [1.29, 1.82) is 0 Å². The number of carbonyl (C=O) groups is 1. The maximum Gasteiger partial charge on any atom is 0.231 e. The summed E-state index contributed by atoms with van der Waals surface area (Å²) < 4.78 is 0. The second-order valence-corrected chi connectivity index (χ2v) is 5.11. The Morgan fingerprint density at radius 3 is 2.78 bits per heavy atom. The van der Waals surface area contributed by atoms with Crippen LogP contribution in [0.4, 0.5) is 5.13 Å². The van der Waals surface area contributed by atoms with Gasteiger partial charge in [0.2, 0.25) is 5.91 Å². The van der Waals surface area contributed by atoms with E-state index in [0.29, 0.717) is 5.13 Å². The molecule has 0 atom stereocenters. The number of anilines is 1. The number of hydrogen-bond donors (Lipinski definition) is 2. The lowest BCUT2D eigenvalue weighted by molar-refractivity contribution is -0.121. The normalized spacial score (nSPS) is 15.1. The maximum atomic E-state index is 11.8. The predicted octanol–water partition coefficient (Wildman–Crippen LogP) is 1.97. The van der Waals surface area contributed by atoms with Crippen LogP contribution in [0.15, 0.2) is 35.7 Å². The molecule has 3 rings (SSSR count). The first-order valence-electron chi connectivity index (χ1n) is 5.85. The third-order valence-electron chi connectivity index (χ3n) is 2.96. The van der Waals surface area contributed by atoms with E-state index < -0.39 is 0 Å². The van der Waals surface area contributed by atoms with E-state index in [4.69, 9.17) is 0 Å². The van der Waals surface area contributed by atoms with Crippen LogP contribution in [0.3, 0.4) is 0 Å². The van der Waals surface area contributed by atoms with Gasteiger partial charge in [-0.1, -0.05) is 30.3 Å². The summed E-state index contributed by atoms with van der Waals surface area (Å²) in [6.07, 6.45) is 0. The smallest absolute Gasteiger partial charge is 0.231 e. The molecule has 0 bridgehead atoms. The molecule has 1 saturated heterocycles. The fourth-order valence-electron chi connectivity index (χ4n) is 1.75. The molecule has 2 aromatic rings. The summed E-state index contributed by atoms with van der Waals surface area (Å²) in [5, 5.41) is 8.58. The minimum atomic E-state index is 0.0581. The minimum absolute atomic E-state index is 0.0581. The van der Waals surface area contributed by atoms with E-state index in [1.54, 1.807) is 0 Å². The van der Waals surface area contributed by atoms with E-state index in [0.717, 1.165) is 24.3 Å². The van der Waals surface area contributed by atoms with Gasteiger partial charge in [0.25, 0.3) is 0 Å². The quantitative estimate of drug-likeness (QED) is 0.886. The van der Waals surface area contributed by atoms with Crippen LogP contribution >= 0.6 is 11.3 Å². The van der Waals surface area contributed by atoms with Gasteiger partial charge in [0.15, 0.2) is 5.13 Å². The Kier molecular flexibility index (Phi) is 3.08. The van der Waals surface area contributed by atoms with Crippen molar-refractivity contribution in [1.82, 2.24) is 10.3 Å². The van der Waals surface area contributed by atoms with Crippen LogP contribution in [0.1, 0.15) is 0 Å². The highest BCUT2D eigenvalue weighted by Gasteiger charge is 2.25. The standard InChI is InChI=1S/C13H13N3OS/c17-12(10-6-14-7-10)16-13-15-11(8-18-13)9-4-2-1-3-5-9/h1-5,8,10,14H,6-7H2,(H,15,16,17). The summed E-state index contributed by atoms with van der Waals surface area (Å²) in [6, 6.07) is 9.95. The van der Waals surface area contributed by atoms with Gasteiger partial charge in [0, 0.05) is 24.0 Å². The monoisotopic (exact) mass is 259 g/mol. The molecule has 18 heavy (non-hydrogen) atoms. The van der Waals surface area contributed by atoms with Crippen molar-refractivity contribution in [3.8, 4) is 11.3 Å². The molecule has 0 aliphatic carbocycles. The second kappa shape index (κ2) is 4.88. The Hall–Kier alpha value is -1.72. The van der Waals surface area contributed by atoms with Crippen molar-refractivity contribution in [2.24, 2.45) is 5.92 Å². The summed E-state index contributed by atoms with van der Waals surface area (Å²) in [4.78, 5) is 16.2. The third kappa shape index (κ3) is 2.27. The van der Waals surface area contributed by atoms with E-state index in [2.05, 4.69) is 15.6 Å². The molecule has 0 unspecified atom stereocenters. The molecule has 5 heteroatoms. The SMILES string of the molecule is O=C(Nc1nc(-c2ccccc2)cs1)C1CNC1. The van der Waals surface area contributed by atoms with E-state index >= 15 is 0 Å². The Morgan fingerprint density at radius 2 is 2.11 bits per heavy atom. The van der Waals surface area contributed by atoms with E-state index in [1.165, 1.54) is 11.3 Å². The Morgan fingerprint density at radius 1 is 1.33 bits per heavy atom. The molecular weight excluding hydrogens is 246 g/mol. The fraction of sp³-hybridized carbons (Fsp3) is 0.231. The zero-order chi connectivity index (χ0) is 12.4. The number of amides is 1. The van der Waals surface area contributed by atoms with Crippen molar-refractivity contribution < 1.29 is 4.79 Å². The van der Waals surface area contributed by atoms with E-state index in [1.807, 2.05) is 35.7 Å². The van der Waals surface area contributed by atoms with Crippen molar-refractivity contribution in [3.05, 3.63) is 35.7 Å². The number of hydrogen-bond acceptors (Lipinski definition) is 4. The number of carbonyl (C=O) groups excluding carboxylic acids is 1. The zero-order valence-electron chi connectivity index (χ0n) is 9.72. The first-order valence-corrected chi connectivity index (χ1v) is 6.73. The molecule has 1 fully saturated rings. The molecule has 1 aliphatic rings. The van der Waals surface area contributed by atoms with Crippen molar-refractivity contribution in [2.45, 2.75) is 0 Å². The summed E-state index contributed by atoms with van der Waals surface area (Å²) in [5.74, 6) is 0.150. The van der Waals surface area contributed by atoms with Gasteiger partial charge in [-0.3, -0.25) is 4.79 Å². The molecule has 2 heterocycles. The molecule has 1 aliphatic heterocycles. The van der Waals surface area contributed by atoms with E-state index in [-0.39, 0.29) is 11.8 Å². The number of nitrogens with one attached hydrogen (secondary N) is 2. The third-order valence-corrected chi connectivity index (χ3v) is 3.71. The van der Waals surface area contributed by atoms with Gasteiger partial charge in [-0.05, 0) is 0 Å². The van der Waals surface area contributed by atoms with Gasteiger partial charge in [-0.25, -0.2) is 4.98 Å². The van der Waals surface area contributed by atoms with Gasteiger partial charge in [-0.2, -0.15) is 0 Å². The van der Waals surface area contributed by atoms with Gasteiger partial charge in [-0.15, -0.1) is 11.3 Å². The number of nitrogens with zero attached hydrogens (tertiary/aromatic N) is 1. The maximum absolute atomic E-state index is 11.8. The number of aromatic nitrogens is 1. The molecule has 2 N–H and O–H groups in total. The molecule has 4 nitrogen and oxygen atoms in total. The minimum Gasteiger partial charge on any atom is -0.315 e. The summed E-state index contributed by atoms with van der Waals surface area (Å²) >= 11 is 1.46. The molecule has 0 saturated carbocycles. The van der Waals surface area contributed by atoms with Crippen LogP contribution in [0.5, 0.6) is 0 Å². The largest absolute Gasteiger partial charge is 0.315 e. The van der Waals surface area contributed by atoms with Crippen LogP contribution in [0.2, 0.25) is 0 Å². The van der Waals surface area contributed by atoms with Crippen LogP contribution in [0, 0.1) is 5.92 Å². The van der Waals surface area contributed by atoms with Gasteiger partial charge in [0.1, 0.15) is 0 Å². The summed E-state index contributed by atoms with van der Waals surface area (Å²) in [6.45, 7) is 1.53. The zero-order valence-corrected chi connectivity index (χ0v) is 10.5. The van der Waals surface area contributed by atoms with Crippen LogP contribution < -0.4 is 10.6 Å². The molecule has 1 aromatic carbocycles. The van der Waals surface area contributed by atoms with Crippen molar-refractivity contribution in [2.75, 3.05) is 18.4 Å². The lowest BCUT2D eigenvalue weighted by Gasteiger charge is -2.25. The molecule has 1 aromatic heterocycles. The Labute approximate surface area is 109 Å². The lowest BCUT2D eigenvalue weighted by atomic mass is 10.0. The second-order valence-electron chi connectivity index (χ2n) is 4.25. The molecule has 1 amide bonds. The Bertz CT molecular complexity index is 548. The van der Waals surface area contributed by atoms with Crippen molar-refractivity contribution in [3.63, 3.8) is 0 Å². The lowest BCUT2D eigenvalue weighted by Crippen LogP contribution is -2.48. The molecular formula is C13H13N3OS. The summed E-state index contributed by atoms with van der Waals surface area (Å²) in [5.41, 5.74) is 1.97. The average Bonchev–Trinajstić information content (AvgIpc) is 2.76. The average molecular weight is 259 g/mol. The first-order chi connectivity index (χ1) is 8.83. The topological polar surface area (TPSA) is 54.0 Å². The number of benzene rings is 1. The predicted molar refractivity (Wildman–Crippen MR) is 72.5 cm³/mol. The highest BCUT2D eigenvalue weighted by atomic mass is 32.1. The number of rotatable bonds is 3. The van der Waals surface area contributed by atoms with Crippen LogP contribution in [0.25, 0.3) is 11.3 Å². The van der Waals surface area contributed by atoms with Crippen LogP contribution in [-0.2, 0) is 4.79 Å². The first kappa shape index (κ1) is 11.4. The molecule has 92 valence electrons. The van der Waals surface area contributed by atoms with Gasteiger partial charge < -0.3 is 10.6 Å². The van der Waals surface area contributed by atoms with Crippen molar-refractivity contribution >= 4 is 22.4 Å². The highest BCUT2D eigenvalue weighted by molar-refractivity contribution is 7.14. The molecule has 0 spiro atoms. The highest BCUT2D eigenvalue weighted by Crippen LogP contribution is 2.25. The van der Waals surface area contributed by atoms with Gasteiger partial charge in [0.05, 0.1) is 11.6 Å². The molecule has 0 radical (unpaired) electrons. The van der Waals surface area contributed by atoms with E-state index in [9.17, 15) is 4.79 Å². The Balaban J connectivity index is 1.71. The number of thiazole rings is 1. The van der Waals surface area contributed by atoms with Crippen LogP contribution in [-0.4, -0.2) is 24.0 Å². The summed E-state index contributed by atoms with van der Waals surface area (Å²) in [7, 11) is 0. The fourth-order valence-corrected chi connectivity index (χ4v) is 2.48.